The molecule has 0 radical (unpaired) electrons. The van der Waals surface area contributed by atoms with Crippen molar-refractivity contribution in [3.05, 3.63) is 28.1 Å². The highest BCUT2D eigenvalue weighted by molar-refractivity contribution is 7.23. The molecule has 14 heavy (non-hydrogen) atoms. The first-order valence-electron chi connectivity index (χ1n) is 3.97. The first-order chi connectivity index (χ1) is 6.76. The minimum atomic E-state index is 0.531. The lowest BCUT2D eigenvalue weighted by molar-refractivity contribution is 0.112. The summed E-state index contributed by atoms with van der Waals surface area (Å²) in [5, 5.41) is 0.856. The van der Waals surface area contributed by atoms with Crippen LogP contribution < -0.4 is 4.74 Å². The topological polar surface area (TPSA) is 26.3 Å². The van der Waals surface area contributed by atoms with E-state index in [2.05, 4.69) is 0 Å². The predicted molar refractivity (Wildman–Crippen MR) is 58.8 cm³/mol. The lowest BCUT2D eigenvalue weighted by atomic mass is 10.2. The van der Waals surface area contributed by atoms with Crippen molar-refractivity contribution in [3.8, 4) is 5.75 Å². The zero-order valence-electron chi connectivity index (χ0n) is 7.41. The maximum atomic E-state index is 10.8. The van der Waals surface area contributed by atoms with Crippen LogP contribution in [0.15, 0.2) is 18.2 Å². The fourth-order valence-corrected chi connectivity index (χ4v) is 2.57. The smallest absolute Gasteiger partial charge is 0.153 e. The zero-order chi connectivity index (χ0) is 10.1. The number of rotatable bonds is 2. The molecule has 0 N–H and O–H groups in total. The number of thiophene rings is 1. The van der Waals surface area contributed by atoms with E-state index < -0.39 is 0 Å². The van der Waals surface area contributed by atoms with Crippen LogP contribution in [0.2, 0.25) is 4.34 Å². The molecule has 0 aliphatic carbocycles. The Balaban J connectivity index is 2.77. The van der Waals surface area contributed by atoms with Gasteiger partial charge >= 0.3 is 0 Å². The number of ether oxygens (including phenoxy) is 1. The molecule has 2 nitrogen and oxygen atoms in total. The van der Waals surface area contributed by atoms with Crippen LogP contribution in [-0.2, 0) is 0 Å². The molecular formula is C10H7ClO2S. The van der Waals surface area contributed by atoms with Crippen LogP contribution in [0, 0.1) is 0 Å². The van der Waals surface area contributed by atoms with Gasteiger partial charge in [-0.2, -0.15) is 0 Å². The third-order valence-corrected chi connectivity index (χ3v) is 3.42. The van der Waals surface area contributed by atoms with Gasteiger partial charge in [0.25, 0.3) is 0 Å². The standard InChI is InChI=1S/C10H7ClO2S/c1-13-6-2-3-9-7(4-6)8(5-12)10(11)14-9/h2-5H,1H3. The first kappa shape index (κ1) is 9.49. The molecule has 0 unspecified atom stereocenters. The minimum absolute atomic E-state index is 0.531. The van der Waals surface area contributed by atoms with E-state index in [1.165, 1.54) is 11.3 Å². The van der Waals surface area contributed by atoms with E-state index in [1.54, 1.807) is 7.11 Å². The lowest BCUT2D eigenvalue weighted by Gasteiger charge is -1.98. The van der Waals surface area contributed by atoms with Crippen molar-refractivity contribution in [2.45, 2.75) is 0 Å². The number of aldehydes is 1. The van der Waals surface area contributed by atoms with Gasteiger partial charge in [0.05, 0.1) is 12.7 Å². The van der Waals surface area contributed by atoms with Crippen LogP contribution in [0.3, 0.4) is 0 Å². The molecule has 1 aromatic carbocycles. The van der Waals surface area contributed by atoms with Crippen LogP contribution in [0.5, 0.6) is 5.75 Å². The Morgan fingerprint density at radius 3 is 2.93 bits per heavy atom. The second-order valence-corrected chi connectivity index (χ2v) is 4.42. The quantitative estimate of drug-likeness (QED) is 0.734. The van der Waals surface area contributed by atoms with Crippen molar-refractivity contribution in [2.75, 3.05) is 7.11 Å². The molecule has 2 rings (SSSR count). The average Bonchev–Trinajstić information content (AvgIpc) is 2.52. The molecule has 0 spiro atoms. The Bertz CT molecular complexity index is 490. The van der Waals surface area contributed by atoms with E-state index >= 15 is 0 Å². The van der Waals surface area contributed by atoms with Gasteiger partial charge in [-0.25, -0.2) is 0 Å². The molecule has 0 saturated carbocycles. The van der Waals surface area contributed by atoms with Gasteiger partial charge in [0.15, 0.2) is 6.29 Å². The number of methoxy groups -OCH3 is 1. The van der Waals surface area contributed by atoms with Gasteiger partial charge in [-0.05, 0) is 18.2 Å². The Kier molecular flexibility index (Phi) is 2.44. The van der Waals surface area contributed by atoms with Crippen molar-refractivity contribution in [1.29, 1.82) is 0 Å². The van der Waals surface area contributed by atoms with E-state index in [0.29, 0.717) is 9.90 Å². The van der Waals surface area contributed by atoms with Gasteiger partial charge < -0.3 is 4.74 Å². The maximum absolute atomic E-state index is 10.8. The number of carbonyl (C=O) groups is 1. The van der Waals surface area contributed by atoms with Gasteiger partial charge in [0.2, 0.25) is 0 Å². The summed E-state index contributed by atoms with van der Waals surface area (Å²) in [5.41, 5.74) is 0.547. The third kappa shape index (κ3) is 1.38. The summed E-state index contributed by atoms with van der Waals surface area (Å²) in [4.78, 5) is 10.8. The maximum Gasteiger partial charge on any atom is 0.153 e. The van der Waals surface area contributed by atoms with Gasteiger partial charge in [-0.3, -0.25) is 4.79 Å². The van der Waals surface area contributed by atoms with E-state index in [-0.39, 0.29) is 0 Å². The first-order valence-corrected chi connectivity index (χ1v) is 5.17. The monoisotopic (exact) mass is 226 g/mol. The number of hydrogen-bond donors (Lipinski definition) is 0. The molecule has 1 aromatic heterocycles. The summed E-state index contributed by atoms with van der Waals surface area (Å²) in [7, 11) is 1.59. The fourth-order valence-electron chi connectivity index (χ4n) is 1.30. The van der Waals surface area contributed by atoms with Crippen LogP contribution >= 0.6 is 22.9 Å². The van der Waals surface area contributed by atoms with Crippen molar-refractivity contribution >= 4 is 39.3 Å². The van der Waals surface area contributed by atoms with Crippen molar-refractivity contribution in [3.63, 3.8) is 0 Å². The van der Waals surface area contributed by atoms with Gasteiger partial charge in [-0.1, -0.05) is 11.6 Å². The predicted octanol–water partition coefficient (Wildman–Crippen LogP) is 3.38. The minimum Gasteiger partial charge on any atom is -0.497 e. The molecule has 0 saturated heterocycles. The summed E-state index contributed by atoms with van der Waals surface area (Å²) in [5.74, 6) is 0.732. The molecule has 1 heterocycles. The van der Waals surface area contributed by atoms with Crippen LogP contribution in [0.1, 0.15) is 10.4 Å². The summed E-state index contributed by atoms with van der Waals surface area (Å²) < 4.78 is 6.61. The van der Waals surface area contributed by atoms with Crippen LogP contribution in [0.4, 0.5) is 0 Å². The Morgan fingerprint density at radius 2 is 2.29 bits per heavy atom. The molecule has 0 aliphatic rings. The van der Waals surface area contributed by atoms with Gasteiger partial charge in [-0.15, -0.1) is 11.3 Å². The molecule has 0 aliphatic heterocycles. The zero-order valence-corrected chi connectivity index (χ0v) is 8.98. The molecule has 4 heteroatoms. The Labute approximate surface area is 90.1 Å². The van der Waals surface area contributed by atoms with E-state index in [9.17, 15) is 4.79 Å². The molecule has 2 aromatic rings. The molecule has 72 valence electrons. The molecular weight excluding hydrogens is 220 g/mol. The van der Waals surface area contributed by atoms with Gasteiger partial charge in [0, 0.05) is 10.1 Å². The second-order valence-electron chi connectivity index (χ2n) is 2.77. The van der Waals surface area contributed by atoms with E-state index in [4.69, 9.17) is 16.3 Å². The van der Waals surface area contributed by atoms with Crippen molar-refractivity contribution in [1.82, 2.24) is 0 Å². The number of carbonyl (C=O) groups excluding carboxylic acids is 1. The SMILES string of the molecule is COc1ccc2sc(Cl)c(C=O)c2c1. The van der Waals surface area contributed by atoms with Crippen molar-refractivity contribution < 1.29 is 9.53 Å². The number of fused-ring (bicyclic) bond motifs is 1. The number of hydrogen-bond acceptors (Lipinski definition) is 3. The number of halogens is 1. The van der Waals surface area contributed by atoms with E-state index in [0.717, 1.165) is 22.1 Å². The molecule has 0 bridgehead atoms. The largest absolute Gasteiger partial charge is 0.497 e. The summed E-state index contributed by atoms with van der Waals surface area (Å²) in [6, 6.07) is 5.57. The Morgan fingerprint density at radius 1 is 1.50 bits per heavy atom. The molecule has 0 atom stereocenters. The van der Waals surface area contributed by atoms with Crippen LogP contribution in [-0.4, -0.2) is 13.4 Å². The lowest BCUT2D eigenvalue weighted by Crippen LogP contribution is -1.82. The second kappa shape index (κ2) is 3.59. The summed E-state index contributed by atoms with van der Waals surface area (Å²) in [6.07, 6.45) is 0.778. The third-order valence-electron chi connectivity index (χ3n) is 2.01. The van der Waals surface area contributed by atoms with E-state index in [1.807, 2.05) is 18.2 Å². The molecule has 0 fully saturated rings. The normalized spacial score (nSPS) is 10.4. The molecule has 0 amide bonds. The Hall–Kier alpha value is -1.06. The highest BCUT2D eigenvalue weighted by Gasteiger charge is 2.10. The highest BCUT2D eigenvalue weighted by Crippen LogP contribution is 2.35. The van der Waals surface area contributed by atoms with Crippen LogP contribution in [0.25, 0.3) is 10.1 Å². The summed E-state index contributed by atoms with van der Waals surface area (Å²) in [6.45, 7) is 0. The highest BCUT2D eigenvalue weighted by atomic mass is 35.5. The van der Waals surface area contributed by atoms with Gasteiger partial charge in [0.1, 0.15) is 10.1 Å². The fraction of sp³-hybridized carbons (Fsp3) is 0.100. The summed E-state index contributed by atoms with van der Waals surface area (Å²) >= 11 is 7.31. The number of benzene rings is 1. The van der Waals surface area contributed by atoms with Crippen molar-refractivity contribution in [2.24, 2.45) is 0 Å². The average molecular weight is 227 g/mol.